The molecule has 82 valence electrons. The number of aliphatic hydroxyl groups excluding tert-OH is 1. The molecule has 0 saturated carbocycles. The Hall–Kier alpha value is -1.60. The molecule has 0 aromatic heterocycles. The van der Waals surface area contributed by atoms with Crippen molar-refractivity contribution < 1.29 is 5.11 Å². The lowest BCUT2D eigenvalue weighted by molar-refractivity contribution is 0.282. The number of aryl methyl sites for hydroxylation is 1. The molecule has 0 atom stereocenters. The number of hydrogen-bond acceptors (Lipinski definition) is 1. The van der Waals surface area contributed by atoms with Gasteiger partial charge in [0.1, 0.15) is 0 Å². The van der Waals surface area contributed by atoms with Gasteiger partial charge in [0.25, 0.3) is 0 Å². The van der Waals surface area contributed by atoms with Crippen molar-refractivity contribution in [1.29, 1.82) is 0 Å². The summed E-state index contributed by atoms with van der Waals surface area (Å²) in [6.45, 7) is 2.25. The Morgan fingerprint density at radius 2 is 1.44 bits per heavy atom. The lowest BCUT2D eigenvalue weighted by Gasteiger charge is -2.05. The molecular weight excluding hydrogens is 196 g/mol. The van der Waals surface area contributed by atoms with Crippen molar-refractivity contribution in [2.24, 2.45) is 0 Å². The van der Waals surface area contributed by atoms with Gasteiger partial charge >= 0.3 is 0 Å². The van der Waals surface area contributed by atoms with E-state index in [1.807, 2.05) is 18.2 Å². The van der Waals surface area contributed by atoms with Gasteiger partial charge in [-0.05, 0) is 34.7 Å². The maximum absolute atomic E-state index is 9.11. The molecule has 0 aliphatic heterocycles. The van der Waals surface area contributed by atoms with Crippen LogP contribution in [0, 0.1) is 0 Å². The predicted molar refractivity (Wildman–Crippen MR) is 67.2 cm³/mol. The molecular formula is C15H16O. The zero-order chi connectivity index (χ0) is 11.4. The fraction of sp³-hybridized carbons (Fsp3) is 0.200. The summed E-state index contributed by atoms with van der Waals surface area (Å²) in [4.78, 5) is 0. The van der Waals surface area contributed by atoms with E-state index < -0.39 is 0 Å². The third-order valence-electron chi connectivity index (χ3n) is 2.78. The molecule has 1 N–H and O–H groups in total. The molecule has 2 aromatic rings. The summed E-state index contributed by atoms with van der Waals surface area (Å²) in [7, 11) is 0. The van der Waals surface area contributed by atoms with Gasteiger partial charge in [0, 0.05) is 0 Å². The normalized spacial score (nSPS) is 10.4. The van der Waals surface area contributed by atoms with E-state index in [2.05, 4.69) is 37.3 Å². The van der Waals surface area contributed by atoms with Crippen LogP contribution in [0.15, 0.2) is 48.5 Å². The van der Waals surface area contributed by atoms with E-state index in [1.54, 1.807) is 0 Å². The largest absolute Gasteiger partial charge is 0.392 e. The van der Waals surface area contributed by atoms with Crippen LogP contribution in [-0.2, 0) is 13.0 Å². The zero-order valence-electron chi connectivity index (χ0n) is 9.48. The first-order valence-corrected chi connectivity index (χ1v) is 5.62. The lowest BCUT2D eigenvalue weighted by Crippen LogP contribution is -1.86. The van der Waals surface area contributed by atoms with Crippen molar-refractivity contribution in [2.45, 2.75) is 20.0 Å². The van der Waals surface area contributed by atoms with Gasteiger partial charge in [-0.2, -0.15) is 0 Å². The van der Waals surface area contributed by atoms with Gasteiger partial charge in [-0.15, -0.1) is 0 Å². The molecule has 1 heteroatoms. The Kier molecular flexibility index (Phi) is 3.37. The van der Waals surface area contributed by atoms with Gasteiger partial charge in [-0.25, -0.2) is 0 Å². The van der Waals surface area contributed by atoms with Crippen molar-refractivity contribution in [1.82, 2.24) is 0 Å². The molecule has 0 aliphatic carbocycles. The Labute approximate surface area is 96.4 Å². The average Bonchev–Trinajstić information content (AvgIpc) is 2.39. The Balaban J connectivity index is 2.41. The van der Waals surface area contributed by atoms with Crippen LogP contribution in [0.3, 0.4) is 0 Å². The SMILES string of the molecule is CCc1cccc(-c2cccc(CO)c2)c1. The van der Waals surface area contributed by atoms with Gasteiger partial charge < -0.3 is 5.11 Å². The van der Waals surface area contributed by atoms with Gasteiger partial charge in [0.05, 0.1) is 6.61 Å². The summed E-state index contributed by atoms with van der Waals surface area (Å²) in [5.41, 5.74) is 4.68. The maximum Gasteiger partial charge on any atom is 0.0682 e. The second-order valence-corrected chi connectivity index (χ2v) is 3.91. The quantitative estimate of drug-likeness (QED) is 0.826. The lowest BCUT2D eigenvalue weighted by atomic mass is 10.0. The zero-order valence-corrected chi connectivity index (χ0v) is 9.48. The van der Waals surface area contributed by atoms with E-state index in [4.69, 9.17) is 5.11 Å². The summed E-state index contributed by atoms with van der Waals surface area (Å²) in [6.07, 6.45) is 1.05. The summed E-state index contributed by atoms with van der Waals surface area (Å²) in [6, 6.07) is 16.6. The van der Waals surface area contributed by atoms with E-state index in [9.17, 15) is 0 Å². The second-order valence-electron chi connectivity index (χ2n) is 3.91. The van der Waals surface area contributed by atoms with Crippen LogP contribution in [0.1, 0.15) is 18.1 Å². The number of benzene rings is 2. The highest BCUT2D eigenvalue weighted by Gasteiger charge is 1.99. The van der Waals surface area contributed by atoms with E-state index >= 15 is 0 Å². The minimum absolute atomic E-state index is 0.0985. The van der Waals surface area contributed by atoms with Crippen LogP contribution >= 0.6 is 0 Å². The van der Waals surface area contributed by atoms with Crippen LogP contribution in [0.5, 0.6) is 0 Å². The fourth-order valence-corrected chi connectivity index (χ4v) is 1.82. The summed E-state index contributed by atoms with van der Waals surface area (Å²) >= 11 is 0. The van der Waals surface area contributed by atoms with Gasteiger partial charge in [0.2, 0.25) is 0 Å². The van der Waals surface area contributed by atoms with Crippen molar-refractivity contribution in [3.63, 3.8) is 0 Å². The minimum Gasteiger partial charge on any atom is -0.392 e. The molecule has 0 radical (unpaired) electrons. The predicted octanol–water partition coefficient (Wildman–Crippen LogP) is 3.41. The first kappa shape index (κ1) is 10.9. The Morgan fingerprint density at radius 3 is 2.00 bits per heavy atom. The van der Waals surface area contributed by atoms with Crippen molar-refractivity contribution in [3.8, 4) is 11.1 Å². The molecule has 1 nitrogen and oxygen atoms in total. The third-order valence-corrected chi connectivity index (χ3v) is 2.78. The minimum atomic E-state index is 0.0985. The number of hydrogen-bond donors (Lipinski definition) is 1. The highest BCUT2D eigenvalue weighted by molar-refractivity contribution is 5.64. The maximum atomic E-state index is 9.11. The van der Waals surface area contributed by atoms with Crippen LogP contribution in [0.25, 0.3) is 11.1 Å². The molecule has 0 heterocycles. The standard InChI is InChI=1S/C15H16O/c1-2-12-5-3-7-14(9-12)15-8-4-6-13(10-15)11-16/h3-10,16H,2,11H2,1H3. The molecule has 0 aliphatic rings. The number of rotatable bonds is 3. The van der Waals surface area contributed by atoms with E-state index in [-0.39, 0.29) is 6.61 Å². The van der Waals surface area contributed by atoms with Crippen molar-refractivity contribution in [3.05, 3.63) is 59.7 Å². The molecule has 0 unspecified atom stereocenters. The van der Waals surface area contributed by atoms with Crippen LogP contribution in [0.2, 0.25) is 0 Å². The van der Waals surface area contributed by atoms with Gasteiger partial charge in [0.15, 0.2) is 0 Å². The highest BCUT2D eigenvalue weighted by Crippen LogP contribution is 2.21. The van der Waals surface area contributed by atoms with Crippen molar-refractivity contribution in [2.75, 3.05) is 0 Å². The smallest absolute Gasteiger partial charge is 0.0682 e. The van der Waals surface area contributed by atoms with Gasteiger partial charge in [-0.3, -0.25) is 0 Å². The van der Waals surface area contributed by atoms with Gasteiger partial charge in [-0.1, -0.05) is 49.4 Å². The van der Waals surface area contributed by atoms with Crippen LogP contribution in [0.4, 0.5) is 0 Å². The van der Waals surface area contributed by atoms with Crippen molar-refractivity contribution >= 4 is 0 Å². The van der Waals surface area contributed by atoms with Crippen LogP contribution in [-0.4, -0.2) is 5.11 Å². The molecule has 16 heavy (non-hydrogen) atoms. The summed E-state index contributed by atoms with van der Waals surface area (Å²) in [5, 5.41) is 9.11. The highest BCUT2D eigenvalue weighted by atomic mass is 16.3. The topological polar surface area (TPSA) is 20.2 Å². The van der Waals surface area contributed by atoms with Crippen LogP contribution < -0.4 is 0 Å². The fourth-order valence-electron chi connectivity index (χ4n) is 1.82. The number of aliphatic hydroxyl groups is 1. The second kappa shape index (κ2) is 4.95. The molecule has 0 saturated heterocycles. The Bertz CT molecular complexity index is 429. The molecule has 0 fully saturated rings. The summed E-state index contributed by atoms with van der Waals surface area (Å²) in [5.74, 6) is 0. The molecule has 2 aromatic carbocycles. The first-order valence-electron chi connectivity index (χ1n) is 5.62. The monoisotopic (exact) mass is 212 g/mol. The average molecular weight is 212 g/mol. The summed E-state index contributed by atoms with van der Waals surface area (Å²) < 4.78 is 0. The molecule has 0 bridgehead atoms. The van der Waals surface area contributed by atoms with E-state index in [0.29, 0.717) is 0 Å². The van der Waals surface area contributed by atoms with E-state index in [0.717, 1.165) is 12.0 Å². The molecule has 2 rings (SSSR count). The molecule has 0 amide bonds. The Morgan fingerprint density at radius 1 is 0.875 bits per heavy atom. The first-order chi connectivity index (χ1) is 7.83. The van der Waals surface area contributed by atoms with E-state index in [1.165, 1.54) is 16.7 Å². The molecule has 0 spiro atoms. The third kappa shape index (κ3) is 2.31.